The van der Waals surface area contributed by atoms with Gasteiger partial charge in [-0.05, 0) is 73.5 Å². The number of hydrogen-bond donors (Lipinski definition) is 3. The number of rotatable bonds is 8. The SMILES string of the molecule is O=C(NCCNC(=O)c1cc2ccc(C(F)(F)F)cc2s1)c1ccc(OC2CCC(C(=O)O)CC2)cc1. The molecule has 3 N–H and O–H groups in total. The fraction of sp³-hybridized carbons (Fsp3) is 0.346. The van der Waals surface area contributed by atoms with Crippen LogP contribution in [0.15, 0.2) is 48.5 Å². The van der Waals surface area contributed by atoms with Crippen molar-refractivity contribution in [2.45, 2.75) is 38.0 Å². The molecule has 1 saturated carbocycles. The number of halogens is 3. The number of aliphatic carboxylic acids is 1. The van der Waals surface area contributed by atoms with Crippen molar-refractivity contribution >= 4 is 39.2 Å². The summed E-state index contributed by atoms with van der Waals surface area (Å²) in [7, 11) is 0. The number of alkyl halides is 3. The largest absolute Gasteiger partial charge is 0.490 e. The van der Waals surface area contributed by atoms with Crippen molar-refractivity contribution in [3.05, 3.63) is 64.5 Å². The molecule has 0 aliphatic heterocycles. The number of fused-ring (bicyclic) bond motifs is 1. The van der Waals surface area contributed by atoms with Crippen LogP contribution in [0.4, 0.5) is 13.2 Å². The maximum absolute atomic E-state index is 12.9. The zero-order chi connectivity index (χ0) is 26.6. The first-order valence-corrected chi connectivity index (χ1v) is 12.6. The van der Waals surface area contributed by atoms with Crippen LogP contribution in [0.5, 0.6) is 5.75 Å². The van der Waals surface area contributed by atoms with Crippen molar-refractivity contribution in [3.8, 4) is 5.75 Å². The average molecular weight is 535 g/mol. The van der Waals surface area contributed by atoms with Gasteiger partial charge < -0.3 is 20.5 Å². The molecule has 0 unspecified atom stereocenters. The molecule has 1 heterocycles. The Hall–Kier alpha value is -3.60. The number of ether oxygens (including phenoxy) is 1. The number of carboxylic acids is 1. The summed E-state index contributed by atoms with van der Waals surface area (Å²) < 4.78 is 44.9. The minimum absolute atomic E-state index is 0.0495. The lowest BCUT2D eigenvalue weighted by Gasteiger charge is -2.26. The van der Waals surface area contributed by atoms with Gasteiger partial charge >= 0.3 is 12.1 Å². The third-order valence-electron chi connectivity index (χ3n) is 6.21. The molecule has 37 heavy (non-hydrogen) atoms. The Morgan fingerprint density at radius 1 is 0.919 bits per heavy atom. The van der Waals surface area contributed by atoms with Crippen LogP contribution >= 0.6 is 11.3 Å². The van der Waals surface area contributed by atoms with Gasteiger partial charge in [0, 0.05) is 23.4 Å². The molecular formula is C26H25F3N2O5S. The highest BCUT2D eigenvalue weighted by Crippen LogP contribution is 2.34. The van der Waals surface area contributed by atoms with Gasteiger partial charge in [-0.15, -0.1) is 11.3 Å². The summed E-state index contributed by atoms with van der Waals surface area (Å²) in [6.07, 6.45) is -2.00. The lowest BCUT2D eigenvalue weighted by Crippen LogP contribution is -2.34. The Bertz CT molecular complexity index is 1280. The summed E-state index contributed by atoms with van der Waals surface area (Å²) in [5, 5.41) is 15.0. The molecule has 4 rings (SSSR count). The molecule has 0 atom stereocenters. The van der Waals surface area contributed by atoms with Gasteiger partial charge in [0.1, 0.15) is 5.75 Å². The summed E-state index contributed by atoms with van der Waals surface area (Å²) in [5.41, 5.74) is -0.350. The van der Waals surface area contributed by atoms with E-state index in [1.165, 1.54) is 12.1 Å². The predicted octanol–water partition coefficient (Wildman–Crippen LogP) is 5.10. The summed E-state index contributed by atoms with van der Waals surface area (Å²) in [6.45, 7) is 0.311. The standard InChI is InChI=1S/C26H25F3N2O5S/c27-26(28,29)18-6-1-17-13-22(37-21(17)14-18)24(33)31-12-11-30-23(32)15-2-7-19(8-3-15)36-20-9-4-16(5-10-20)25(34)35/h1-3,6-8,13-14,16,20H,4-5,9-12H2,(H,30,32)(H,31,33)(H,34,35). The molecule has 2 aromatic carbocycles. The molecule has 1 aromatic heterocycles. The lowest BCUT2D eigenvalue weighted by atomic mass is 9.87. The van der Waals surface area contributed by atoms with Gasteiger partial charge in [-0.2, -0.15) is 13.2 Å². The number of carbonyl (C=O) groups excluding carboxylic acids is 2. The Morgan fingerprint density at radius 3 is 2.19 bits per heavy atom. The molecule has 11 heteroatoms. The van der Waals surface area contributed by atoms with E-state index in [0.717, 1.165) is 23.5 Å². The molecule has 0 saturated heterocycles. The average Bonchev–Trinajstić information content (AvgIpc) is 3.30. The fourth-order valence-electron chi connectivity index (χ4n) is 4.17. The molecule has 1 fully saturated rings. The first-order valence-electron chi connectivity index (χ1n) is 11.8. The van der Waals surface area contributed by atoms with E-state index >= 15 is 0 Å². The Morgan fingerprint density at radius 2 is 1.57 bits per heavy atom. The van der Waals surface area contributed by atoms with Gasteiger partial charge in [0.15, 0.2) is 0 Å². The highest BCUT2D eigenvalue weighted by atomic mass is 32.1. The van der Waals surface area contributed by atoms with Gasteiger partial charge in [-0.3, -0.25) is 14.4 Å². The second kappa shape index (κ2) is 11.2. The van der Waals surface area contributed by atoms with Gasteiger partial charge in [0.25, 0.3) is 11.8 Å². The normalized spacial score (nSPS) is 17.8. The topological polar surface area (TPSA) is 105 Å². The van der Waals surface area contributed by atoms with Crippen molar-refractivity contribution in [2.75, 3.05) is 13.1 Å². The molecule has 3 aromatic rings. The predicted molar refractivity (Wildman–Crippen MR) is 132 cm³/mol. The molecular weight excluding hydrogens is 509 g/mol. The molecule has 0 radical (unpaired) electrons. The van der Waals surface area contributed by atoms with Crippen molar-refractivity contribution in [1.29, 1.82) is 0 Å². The molecule has 0 bridgehead atoms. The molecule has 196 valence electrons. The molecule has 1 aliphatic carbocycles. The lowest BCUT2D eigenvalue weighted by molar-refractivity contribution is -0.143. The summed E-state index contributed by atoms with van der Waals surface area (Å²) in [6, 6.07) is 11.5. The van der Waals surface area contributed by atoms with Crippen molar-refractivity contribution in [2.24, 2.45) is 5.92 Å². The number of amides is 2. The maximum Gasteiger partial charge on any atom is 0.416 e. The van der Waals surface area contributed by atoms with Crippen LogP contribution in [0.3, 0.4) is 0 Å². The second-order valence-electron chi connectivity index (χ2n) is 8.83. The van der Waals surface area contributed by atoms with Crippen LogP contribution in [0, 0.1) is 5.92 Å². The molecule has 0 spiro atoms. The van der Waals surface area contributed by atoms with E-state index in [1.807, 2.05) is 0 Å². The minimum atomic E-state index is -4.45. The van der Waals surface area contributed by atoms with Crippen LogP contribution in [-0.2, 0) is 11.0 Å². The monoisotopic (exact) mass is 534 g/mol. The highest BCUT2D eigenvalue weighted by molar-refractivity contribution is 7.20. The molecule has 7 nitrogen and oxygen atoms in total. The van der Waals surface area contributed by atoms with Crippen LogP contribution in [-0.4, -0.2) is 42.1 Å². The zero-order valence-electron chi connectivity index (χ0n) is 19.6. The second-order valence-corrected chi connectivity index (χ2v) is 9.91. The maximum atomic E-state index is 12.9. The molecule has 2 amide bonds. The Balaban J connectivity index is 1.21. The van der Waals surface area contributed by atoms with Crippen LogP contribution < -0.4 is 15.4 Å². The Labute approximate surface area is 214 Å². The quantitative estimate of drug-likeness (QED) is 0.349. The van der Waals surface area contributed by atoms with Crippen molar-refractivity contribution in [3.63, 3.8) is 0 Å². The third kappa shape index (κ3) is 6.79. The number of thiophene rings is 1. The smallest absolute Gasteiger partial charge is 0.416 e. The van der Waals surface area contributed by atoms with Gasteiger partial charge in [-0.1, -0.05) is 6.07 Å². The minimum Gasteiger partial charge on any atom is -0.490 e. The highest BCUT2D eigenvalue weighted by Gasteiger charge is 2.31. The number of nitrogens with one attached hydrogen (secondary N) is 2. The first kappa shape index (κ1) is 26.5. The molecule has 1 aliphatic rings. The first-order chi connectivity index (χ1) is 17.6. The number of benzene rings is 2. The number of carbonyl (C=O) groups is 3. The van der Waals surface area contributed by atoms with Crippen LogP contribution in [0.25, 0.3) is 10.1 Å². The van der Waals surface area contributed by atoms with E-state index < -0.39 is 23.6 Å². The van der Waals surface area contributed by atoms with Crippen LogP contribution in [0.2, 0.25) is 0 Å². The van der Waals surface area contributed by atoms with Crippen molar-refractivity contribution in [1.82, 2.24) is 10.6 Å². The van der Waals surface area contributed by atoms with E-state index in [-0.39, 0.29) is 35.9 Å². The number of hydrogen-bond acceptors (Lipinski definition) is 5. The summed E-state index contributed by atoms with van der Waals surface area (Å²) in [5.74, 6) is -1.23. The number of carboxylic acid groups (broad SMARTS) is 1. The van der Waals surface area contributed by atoms with Crippen LogP contribution in [0.1, 0.15) is 51.3 Å². The van der Waals surface area contributed by atoms with E-state index in [1.54, 1.807) is 24.3 Å². The fourth-order valence-corrected chi connectivity index (χ4v) is 5.18. The van der Waals surface area contributed by atoms with Gasteiger partial charge in [0.05, 0.1) is 22.5 Å². The van der Waals surface area contributed by atoms with Gasteiger partial charge in [-0.25, -0.2) is 0 Å². The Kier molecular flexibility index (Phi) is 8.01. The summed E-state index contributed by atoms with van der Waals surface area (Å²) >= 11 is 0.974. The van der Waals surface area contributed by atoms with Crippen molar-refractivity contribution < 1.29 is 37.4 Å². The zero-order valence-corrected chi connectivity index (χ0v) is 20.5. The van der Waals surface area contributed by atoms with E-state index in [4.69, 9.17) is 9.84 Å². The van der Waals surface area contributed by atoms with E-state index in [0.29, 0.717) is 47.1 Å². The van der Waals surface area contributed by atoms with E-state index in [2.05, 4.69) is 10.6 Å². The van der Waals surface area contributed by atoms with E-state index in [9.17, 15) is 27.6 Å². The van der Waals surface area contributed by atoms with Gasteiger partial charge in [0.2, 0.25) is 0 Å². The summed E-state index contributed by atoms with van der Waals surface area (Å²) in [4.78, 5) is 36.1. The third-order valence-corrected chi connectivity index (χ3v) is 7.31.